The molecule has 0 radical (unpaired) electrons. The maximum absolute atomic E-state index is 5.83. The van der Waals surface area contributed by atoms with Crippen molar-refractivity contribution in [3.05, 3.63) is 11.7 Å². The van der Waals surface area contributed by atoms with Crippen LogP contribution in [0.3, 0.4) is 0 Å². The molecule has 6 heteroatoms. The van der Waals surface area contributed by atoms with Crippen LogP contribution in [0.15, 0.2) is 4.52 Å². The fourth-order valence-electron chi connectivity index (χ4n) is 1.77. The lowest BCUT2D eigenvalue weighted by Gasteiger charge is -2.11. The average molecular weight is 247 g/mol. The predicted molar refractivity (Wildman–Crippen MR) is 63.5 cm³/mol. The smallest absolute Gasteiger partial charge is 0.229 e. The van der Waals surface area contributed by atoms with Gasteiger partial charge in [0.15, 0.2) is 5.82 Å². The van der Waals surface area contributed by atoms with E-state index < -0.39 is 0 Å². The van der Waals surface area contributed by atoms with Gasteiger partial charge in [0.25, 0.3) is 0 Å². The molecule has 1 aliphatic rings. The highest BCUT2D eigenvalue weighted by Crippen LogP contribution is 2.14. The summed E-state index contributed by atoms with van der Waals surface area (Å²) in [5, 5.41) is 3.96. The lowest BCUT2D eigenvalue weighted by Crippen LogP contribution is -2.26. The number of hydrogen-bond donors (Lipinski definition) is 1. The van der Waals surface area contributed by atoms with E-state index in [0.29, 0.717) is 17.9 Å². The van der Waals surface area contributed by atoms with Crippen molar-refractivity contribution in [2.75, 3.05) is 13.1 Å². The van der Waals surface area contributed by atoms with Gasteiger partial charge in [0, 0.05) is 25.0 Å². The Morgan fingerprint density at radius 1 is 1.56 bits per heavy atom. The van der Waals surface area contributed by atoms with Crippen LogP contribution in [0.25, 0.3) is 0 Å². The van der Waals surface area contributed by atoms with Gasteiger partial charge in [0.1, 0.15) is 0 Å². The molecule has 1 atom stereocenters. The molecule has 0 amide bonds. The van der Waals surface area contributed by atoms with Crippen LogP contribution >= 0.6 is 12.4 Å². The van der Waals surface area contributed by atoms with Crippen molar-refractivity contribution in [3.63, 3.8) is 0 Å². The Bertz CT molecular complexity index is 328. The molecular weight excluding hydrogens is 228 g/mol. The Hall–Kier alpha value is -0.650. The number of nitrogens with zero attached hydrogens (tertiary/aromatic N) is 3. The number of aromatic nitrogens is 2. The molecule has 1 saturated heterocycles. The second-order valence-corrected chi connectivity index (χ2v) is 4.49. The molecule has 0 spiro atoms. The van der Waals surface area contributed by atoms with Crippen LogP contribution in [-0.4, -0.2) is 34.2 Å². The second kappa shape index (κ2) is 5.61. The van der Waals surface area contributed by atoms with E-state index in [-0.39, 0.29) is 12.4 Å². The first-order chi connectivity index (χ1) is 7.15. The molecule has 0 bridgehead atoms. The molecule has 0 aromatic carbocycles. The van der Waals surface area contributed by atoms with Crippen LogP contribution < -0.4 is 5.73 Å². The molecule has 0 aliphatic carbocycles. The van der Waals surface area contributed by atoms with Gasteiger partial charge in [-0.3, -0.25) is 4.90 Å². The Morgan fingerprint density at radius 3 is 2.81 bits per heavy atom. The summed E-state index contributed by atoms with van der Waals surface area (Å²) in [5.41, 5.74) is 5.83. The van der Waals surface area contributed by atoms with Crippen LogP contribution in [0.4, 0.5) is 0 Å². The fraction of sp³-hybridized carbons (Fsp3) is 0.800. The Labute approximate surface area is 102 Å². The molecule has 2 N–H and O–H groups in total. The van der Waals surface area contributed by atoms with Crippen molar-refractivity contribution in [3.8, 4) is 0 Å². The average Bonchev–Trinajstić information content (AvgIpc) is 2.76. The summed E-state index contributed by atoms with van der Waals surface area (Å²) in [6.07, 6.45) is 1.06. The van der Waals surface area contributed by atoms with E-state index >= 15 is 0 Å². The van der Waals surface area contributed by atoms with Gasteiger partial charge in [-0.1, -0.05) is 19.0 Å². The zero-order valence-corrected chi connectivity index (χ0v) is 10.5. The molecular formula is C10H19ClN4O. The predicted octanol–water partition coefficient (Wildman–Crippen LogP) is 1.15. The maximum atomic E-state index is 5.83. The summed E-state index contributed by atoms with van der Waals surface area (Å²) in [6.45, 7) is 6.81. The fourth-order valence-corrected chi connectivity index (χ4v) is 1.77. The second-order valence-electron chi connectivity index (χ2n) is 4.49. The molecule has 16 heavy (non-hydrogen) atoms. The first-order valence-corrected chi connectivity index (χ1v) is 5.45. The summed E-state index contributed by atoms with van der Waals surface area (Å²) in [4.78, 5) is 6.60. The third-order valence-corrected chi connectivity index (χ3v) is 2.65. The van der Waals surface area contributed by atoms with Gasteiger partial charge < -0.3 is 10.3 Å². The number of likely N-dealkylation sites (tertiary alicyclic amines) is 1. The molecule has 5 nitrogen and oxygen atoms in total. The first kappa shape index (κ1) is 13.4. The molecule has 1 fully saturated rings. The van der Waals surface area contributed by atoms with Gasteiger partial charge in [0.2, 0.25) is 5.89 Å². The van der Waals surface area contributed by atoms with E-state index in [1.165, 1.54) is 0 Å². The zero-order chi connectivity index (χ0) is 10.8. The zero-order valence-electron chi connectivity index (χ0n) is 9.72. The Kier molecular flexibility index (Phi) is 4.70. The summed E-state index contributed by atoms with van der Waals surface area (Å²) in [6, 6.07) is 0.307. The minimum Gasteiger partial charge on any atom is -0.339 e. The van der Waals surface area contributed by atoms with Crippen LogP contribution in [0, 0.1) is 0 Å². The van der Waals surface area contributed by atoms with Crippen molar-refractivity contribution in [2.45, 2.75) is 38.8 Å². The van der Waals surface area contributed by atoms with Gasteiger partial charge in [0.05, 0.1) is 6.54 Å². The van der Waals surface area contributed by atoms with Crippen molar-refractivity contribution in [1.29, 1.82) is 0 Å². The molecule has 2 rings (SSSR count). The van der Waals surface area contributed by atoms with E-state index in [2.05, 4.69) is 15.0 Å². The minimum atomic E-state index is 0. The van der Waals surface area contributed by atoms with Crippen molar-refractivity contribution < 1.29 is 4.52 Å². The largest absolute Gasteiger partial charge is 0.339 e. The molecule has 1 aromatic heterocycles. The summed E-state index contributed by atoms with van der Waals surface area (Å²) < 4.78 is 5.14. The van der Waals surface area contributed by atoms with Gasteiger partial charge in [-0.15, -0.1) is 12.4 Å². The van der Waals surface area contributed by atoms with E-state index in [1.54, 1.807) is 0 Å². The Morgan fingerprint density at radius 2 is 2.31 bits per heavy atom. The van der Waals surface area contributed by atoms with Gasteiger partial charge in [-0.25, -0.2) is 0 Å². The SMILES string of the molecule is CC(C)c1nc(CN2CCC(N)C2)no1.Cl. The first-order valence-electron chi connectivity index (χ1n) is 5.45. The van der Waals surface area contributed by atoms with E-state index in [1.807, 2.05) is 13.8 Å². The molecule has 2 heterocycles. The standard InChI is InChI=1S/C10H18N4O.ClH/c1-7(2)10-12-9(13-15-10)6-14-4-3-8(11)5-14;/h7-8H,3-6,11H2,1-2H3;1H. The highest BCUT2D eigenvalue weighted by molar-refractivity contribution is 5.85. The van der Waals surface area contributed by atoms with Gasteiger partial charge in [-0.05, 0) is 6.42 Å². The number of hydrogen-bond acceptors (Lipinski definition) is 5. The van der Waals surface area contributed by atoms with Crippen molar-refractivity contribution in [2.24, 2.45) is 5.73 Å². The number of rotatable bonds is 3. The van der Waals surface area contributed by atoms with E-state index in [0.717, 1.165) is 31.9 Å². The third kappa shape index (κ3) is 3.17. The highest BCUT2D eigenvalue weighted by atomic mass is 35.5. The number of halogens is 1. The van der Waals surface area contributed by atoms with E-state index in [9.17, 15) is 0 Å². The summed E-state index contributed by atoms with van der Waals surface area (Å²) in [5.74, 6) is 1.79. The molecule has 1 aromatic rings. The summed E-state index contributed by atoms with van der Waals surface area (Å²) >= 11 is 0. The van der Waals surface area contributed by atoms with E-state index in [4.69, 9.17) is 10.3 Å². The minimum absolute atomic E-state index is 0. The van der Waals surface area contributed by atoms with Crippen LogP contribution in [-0.2, 0) is 6.54 Å². The topological polar surface area (TPSA) is 68.2 Å². The molecule has 1 aliphatic heterocycles. The molecule has 1 unspecified atom stereocenters. The Balaban J connectivity index is 0.00000128. The lowest BCUT2D eigenvalue weighted by molar-refractivity contribution is 0.305. The van der Waals surface area contributed by atoms with Gasteiger partial charge in [-0.2, -0.15) is 4.98 Å². The quantitative estimate of drug-likeness (QED) is 0.867. The van der Waals surface area contributed by atoms with Gasteiger partial charge >= 0.3 is 0 Å². The van der Waals surface area contributed by atoms with Crippen molar-refractivity contribution >= 4 is 12.4 Å². The molecule has 92 valence electrons. The highest BCUT2D eigenvalue weighted by Gasteiger charge is 2.21. The monoisotopic (exact) mass is 246 g/mol. The number of nitrogens with two attached hydrogens (primary N) is 1. The summed E-state index contributed by atoms with van der Waals surface area (Å²) in [7, 11) is 0. The van der Waals surface area contributed by atoms with Crippen LogP contribution in [0.5, 0.6) is 0 Å². The molecule has 0 saturated carbocycles. The normalized spacial score (nSPS) is 21.4. The lowest BCUT2D eigenvalue weighted by atomic mass is 10.2. The van der Waals surface area contributed by atoms with Crippen molar-refractivity contribution in [1.82, 2.24) is 15.0 Å². The van der Waals surface area contributed by atoms with Crippen LogP contribution in [0.1, 0.15) is 37.9 Å². The third-order valence-electron chi connectivity index (χ3n) is 2.65. The maximum Gasteiger partial charge on any atom is 0.229 e. The van der Waals surface area contributed by atoms with Crippen LogP contribution in [0.2, 0.25) is 0 Å².